The minimum absolute atomic E-state index is 0.315. The number of hydrogen-bond acceptors (Lipinski definition) is 3. The fourth-order valence-corrected chi connectivity index (χ4v) is 1.87. The maximum atomic E-state index is 8.65. The maximum absolute atomic E-state index is 8.65. The molecule has 0 spiro atoms. The molecule has 0 amide bonds. The predicted octanol–water partition coefficient (Wildman–Crippen LogP) is 2.76. The molecular weight excluding hydrogens is 192 g/mol. The summed E-state index contributed by atoms with van der Waals surface area (Å²) in [5.41, 5.74) is 0.315. The first-order valence-electron chi connectivity index (χ1n) is 4.71. The van der Waals surface area contributed by atoms with Gasteiger partial charge in [-0.25, -0.2) is 0 Å². The molecule has 0 unspecified atom stereocenters. The fraction of sp³-hybridized carbons (Fsp3) is 0.545. The summed E-state index contributed by atoms with van der Waals surface area (Å²) in [4.78, 5) is 2.02. The van der Waals surface area contributed by atoms with Crippen LogP contribution in [0.3, 0.4) is 0 Å². The molecule has 1 aromatic heterocycles. The highest BCUT2D eigenvalue weighted by molar-refractivity contribution is 7.12. The molecule has 76 valence electrons. The summed E-state index contributed by atoms with van der Waals surface area (Å²) >= 11 is 1.56. The molecule has 1 N–H and O–H groups in total. The molecule has 0 saturated heterocycles. The van der Waals surface area contributed by atoms with Gasteiger partial charge in [-0.05, 0) is 17.5 Å². The van der Waals surface area contributed by atoms with Crippen molar-refractivity contribution < 1.29 is 0 Å². The monoisotopic (exact) mass is 208 g/mol. The minimum atomic E-state index is 0.315. The first-order chi connectivity index (χ1) is 6.51. The molecule has 0 aliphatic rings. The highest BCUT2D eigenvalue weighted by atomic mass is 32.1. The van der Waals surface area contributed by atoms with E-state index in [0.717, 1.165) is 18.0 Å². The molecule has 1 aromatic rings. The lowest BCUT2D eigenvalue weighted by atomic mass is 9.97. The van der Waals surface area contributed by atoms with Crippen LogP contribution in [0.15, 0.2) is 12.1 Å². The van der Waals surface area contributed by atoms with Crippen molar-refractivity contribution in [1.29, 1.82) is 5.26 Å². The van der Waals surface area contributed by atoms with Crippen molar-refractivity contribution in [1.82, 2.24) is 5.32 Å². The minimum Gasteiger partial charge on any atom is -0.311 e. The van der Waals surface area contributed by atoms with Crippen LogP contribution in [0.25, 0.3) is 0 Å². The van der Waals surface area contributed by atoms with Gasteiger partial charge in [-0.3, -0.25) is 0 Å². The third-order valence-electron chi connectivity index (χ3n) is 1.73. The third kappa shape index (κ3) is 3.91. The summed E-state index contributed by atoms with van der Waals surface area (Å²) in [7, 11) is 0. The molecule has 0 aliphatic carbocycles. The van der Waals surface area contributed by atoms with E-state index in [1.165, 1.54) is 4.88 Å². The molecule has 1 rings (SSSR count). The van der Waals surface area contributed by atoms with Gasteiger partial charge in [0.05, 0.1) is 0 Å². The van der Waals surface area contributed by atoms with Gasteiger partial charge in [-0.2, -0.15) is 5.26 Å². The van der Waals surface area contributed by atoms with Gasteiger partial charge in [0.15, 0.2) is 0 Å². The van der Waals surface area contributed by atoms with Crippen molar-refractivity contribution in [3.8, 4) is 6.07 Å². The number of hydrogen-bond donors (Lipinski definition) is 1. The van der Waals surface area contributed by atoms with E-state index in [0.29, 0.717) is 5.41 Å². The lowest BCUT2D eigenvalue weighted by Gasteiger charge is -2.18. The summed E-state index contributed by atoms with van der Waals surface area (Å²) in [6, 6.07) is 6.03. The second kappa shape index (κ2) is 4.59. The molecule has 0 aromatic carbocycles. The van der Waals surface area contributed by atoms with Crippen LogP contribution >= 0.6 is 11.3 Å². The van der Waals surface area contributed by atoms with Crippen molar-refractivity contribution in [2.24, 2.45) is 5.41 Å². The Morgan fingerprint density at radius 2 is 2.14 bits per heavy atom. The van der Waals surface area contributed by atoms with Gasteiger partial charge in [-0.1, -0.05) is 20.8 Å². The molecule has 0 saturated carbocycles. The largest absolute Gasteiger partial charge is 0.311 e. The molecule has 0 aliphatic heterocycles. The van der Waals surface area contributed by atoms with Gasteiger partial charge in [-0.15, -0.1) is 11.3 Å². The van der Waals surface area contributed by atoms with E-state index in [9.17, 15) is 0 Å². The van der Waals surface area contributed by atoms with Crippen LogP contribution in [0, 0.1) is 16.7 Å². The Bertz CT molecular complexity index is 328. The van der Waals surface area contributed by atoms with Crippen LogP contribution in [0.5, 0.6) is 0 Å². The average molecular weight is 208 g/mol. The fourth-order valence-electron chi connectivity index (χ4n) is 1.09. The molecule has 1 heterocycles. The third-order valence-corrected chi connectivity index (χ3v) is 2.72. The van der Waals surface area contributed by atoms with Gasteiger partial charge in [0.1, 0.15) is 10.9 Å². The van der Waals surface area contributed by atoms with Crippen molar-refractivity contribution in [2.45, 2.75) is 27.3 Å². The van der Waals surface area contributed by atoms with Crippen LogP contribution in [-0.4, -0.2) is 6.54 Å². The van der Waals surface area contributed by atoms with E-state index < -0.39 is 0 Å². The summed E-state index contributed by atoms with van der Waals surface area (Å²) in [6.07, 6.45) is 0. The highest BCUT2D eigenvalue weighted by Crippen LogP contribution is 2.16. The summed E-state index contributed by atoms with van der Waals surface area (Å²) in [6.45, 7) is 8.47. The Morgan fingerprint density at radius 1 is 1.43 bits per heavy atom. The predicted molar refractivity (Wildman–Crippen MR) is 60.2 cm³/mol. The highest BCUT2D eigenvalue weighted by Gasteiger charge is 2.09. The zero-order valence-electron chi connectivity index (χ0n) is 8.92. The van der Waals surface area contributed by atoms with Gasteiger partial charge < -0.3 is 5.32 Å². The lowest BCUT2D eigenvalue weighted by molar-refractivity contribution is 0.380. The zero-order chi connectivity index (χ0) is 10.6. The van der Waals surface area contributed by atoms with E-state index in [1.54, 1.807) is 11.3 Å². The Labute approximate surface area is 89.6 Å². The quantitative estimate of drug-likeness (QED) is 0.829. The molecule has 0 fully saturated rings. The van der Waals surface area contributed by atoms with Gasteiger partial charge >= 0.3 is 0 Å². The van der Waals surface area contributed by atoms with Crippen LogP contribution in [-0.2, 0) is 6.54 Å². The number of thiophene rings is 1. The number of nitrogens with zero attached hydrogens (tertiary/aromatic N) is 1. The number of rotatable bonds is 3. The van der Waals surface area contributed by atoms with E-state index in [4.69, 9.17) is 5.26 Å². The average Bonchev–Trinajstić information content (AvgIpc) is 2.50. The maximum Gasteiger partial charge on any atom is 0.110 e. The van der Waals surface area contributed by atoms with E-state index in [2.05, 4.69) is 32.2 Å². The molecule has 3 heteroatoms. The summed E-state index contributed by atoms with van der Waals surface area (Å²) in [5, 5.41) is 12.0. The van der Waals surface area contributed by atoms with Crippen LogP contribution in [0.1, 0.15) is 30.5 Å². The van der Waals surface area contributed by atoms with Gasteiger partial charge in [0.25, 0.3) is 0 Å². The van der Waals surface area contributed by atoms with Gasteiger partial charge in [0, 0.05) is 18.0 Å². The topological polar surface area (TPSA) is 35.8 Å². The molecule has 0 atom stereocenters. The number of nitriles is 1. The Morgan fingerprint density at radius 3 is 2.64 bits per heavy atom. The second-order valence-corrected chi connectivity index (χ2v) is 5.71. The smallest absolute Gasteiger partial charge is 0.110 e. The van der Waals surface area contributed by atoms with Crippen molar-refractivity contribution in [3.63, 3.8) is 0 Å². The Hall–Kier alpha value is -0.850. The molecule has 2 nitrogen and oxygen atoms in total. The molecule has 14 heavy (non-hydrogen) atoms. The second-order valence-electron chi connectivity index (χ2n) is 4.54. The lowest BCUT2D eigenvalue weighted by Crippen LogP contribution is -2.26. The van der Waals surface area contributed by atoms with Crippen LogP contribution in [0.4, 0.5) is 0 Å². The van der Waals surface area contributed by atoms with Crippen LogP contribution < -0.4 is 5.32 Å². The normalized spacial score (nSPS) is 11.3. The molecule has 0 bridgehead atoms. The Balaban J connectivity index is 2.36. The standard InChI is InChI=1S/C11H16N2S/c1-11(2,3)8-13-7-10-5-4-9(6-12)14-10/h4-5,13H,7-8H2,1-3H3. The van der Waals surface area contributed by atoms with Gasteiger partial charge in [0.2, 0.25) is 0 Å². The van der Waals surface area contributed by atoms with Crippen molar-refractivity contribution in [3.05, 3.63) is 21.9 Å². The molecular formula is C11H16N2S. The van der Waals surface area contributed by atoms with E-state index in [-0.39, 0.29) is 0 Å². The van der Waals surface area contributed by atoms with E-state index >= 15 is 0 Å². The Kier molecular flexibility index (Phi) is 3.68. The zero-order valence-corrected chi connectivity index (χ0v) is 9.74. The first kappa shape index (κ1) is 11.2. The van der Waals surface area contributed by atoms with E-state index in [1.807, 2.05) is 12.1 Å². The first-order valence-corrected chi connectivity index (χ1v) is 5.52. The summed E-state index contributed by atoms with van der Waals surface area (Å²) in [5.74, 6) is 0. The SMILES string of the molecule is CC(C)(C)CNCc1ccc(C#N)s1. The van der Waals surface area contributed by atoms with Crippen LogP contribution in [0.2, 0.25) is 0 Å². The van der Waals surface area contributed by atoms with Crippen molar-refractivity contribution in [2.75, 3.05) is 6.54 Å². The molecule has 0 radical (unpaired) electrons. The van der Waals surface area contributed by atoms with Crippen molar-refractivity contribution >= 4 is 11.3 Å². The number of nitrogens with one attached hydrogen (secondary N) is 1. The summed E-state index contributed by atoms with van der Waals surface area (Å²) < 4.78 is 0.